The summed E-state index contributed by atoms with van der Waals surface area (Å²) in [7, 11) is 0. The third-order valence-electron chi connectivity index (χ3n) is 4.98. The van der Waals surface area contributed by atoms with Gasteiger partial charge in [-0.25, -0.2) is 0 Å². The number of aromatic nitrogens is 1. The molecule has 5 nitrogen and oxygen atoms in total. The predicted molar refractivity (Wildman–Crippen MR) is 88.3 cm³/mol. The highest BCUT2D eigenvalue weighted by atomic mass is 35.5. The van der Waals surface area contributed by atoms with Crippen molar-refractivity contribution in [2.24, 2.45) is 17.6 Å². The highest BCUT2D eigenvalue weighted by Crippen LogP contribution is 2.39. The maximum Gasteiger partial charge on any atom is 0.256 e. The molecule has 0 radical (unpaired) electrons. The van der Waals surface area contributed by atoms with Gasteiger partial charge in [0, 0.05) is 30.0 Å². The summed E-state index contributed by atoms with van der Waals surface area (Å²) in [4.78, 5) is 27.3. The second kappa shape index (κ2) is 6.84. The Balaban J connectivity index is 0.00000176. The molecule has 1 heterocycles. The highest BCUT2D eigenvalue weighted by molar-refractivity contribution is 5.94. The van der Waals surface area contributed by atoms with Crippen LogP contribution < -0.4 is 16.5 Å². The fourth-order valence-corrected chi connectivity index (χ4v) is 4.00. The number of hydrogen-bond acceptors (Lipinski definition) is 3. The zero-order valence-corrected chi connectivity index (χ0v) is 13.6. The van der Waals surface area contributed by atoms with E-state index in [2.05, 4.69) is 10.3 Å². The quantitative estimate of drug-likeness (QED) is 0.774. The molecule has 2 atom stereocenters. The van der Waals surface area contributed by atoms with Gasteiger partial charge in [0.05, 0.1) is 0 Å². The summed E-state index contributed by atoms with van der Waals surface area (Å²) in [5.74, 6) is 0.663. The molecule has 4 N–H and O–H groups in total. The molecule has 2 aliphatic carbocycles. The molecule has 22 heavy (non-hydrogen) atoms. The monoisotopic (exact) mass is 325 g/mol. The van der Waals surface area contributed by atoms with E-state index in [0.29, 0.717) is 11.8 Å². The van der Waals surface area contributed by atoms with Crippen molar-refractivity contribution in [2.75, 3.05) is 0 Å². The first-order valence-corrected chi connectivity index (χ1v) is 7.80. The molecular formula is C16H24ClN3O2. The Bertz CT molecular complexity index is 587. The van der Waals surface area contributed by atoms with Crippen molar-refractivity contribution in [3.63, 3.8) is 0 Å². The lowest BCUT2D eigenvalue weighted by molar-refractivity contribution is 0.0754. The van der Waals surface area contributed by atoms with E-state index in [-0.39, 0.29) is 41.4 Å². The standard InChI is InChI=1S/C16H23N3O2.ClH/c1-9-5-14(20)13(8-18-9)16(21)19-15-10-3-2-4-11(15)7-12(17)6-10;/h5,8,10-12,15H,2-4,6-7,17H2,1H3,(H,18,20)(H,19,21);1H. The number of carbonyl (C=O) groups excluding carboxylic acids is 1. The Labute approximate surface area is 136 Å². The van der Waals surface area contributed by atoms with Gasteiger partial charge >= 0.3 is 0 Å². The summed E-state index contributed by atoms with van der Waals surface area (Å²) < 4.78 is 0. The summed E-state index contributed by atoms with van der Waals surface area (Å²) in [6.45, 7) is 1.80. The minimum absolute atomic E-state index is 0. The number of amides is 1. The zero-order chi connectivity index (χ0) is 15.0. The summed E-state index contributed by atoms with van der Waals surface area (Å²) in [6.07, 6.45) is 6.94. The number of aromatic amines is 1. The Morgan fingerprint density at radius 2 is 1.95 bits per heavy atom. The third kappa shape index (κ3) is 3.36. The summed E-state index contributed by atoms with van der Waals surface area (Å²) in [5.41, 5.74) is 6.84. The van der Waals surface area contributed by atoms with Crippen LogP contribution in [0, 0.1) is 18.8 Å². The van der Waals surface area contributed by atoms with E-state index in [4.69, 9.17) is 5.73 Å². The molecule has 2 bridgehead atoms. The molecular weight excluding hydrogens is 302 g/mol. The molecule has 1 aromatic rings. The molecule has 0 aliphatic heterocycles. The number of halogens is 1. The smallest absolute Gasteiger partial charge is 0.256 e. The van der Waals surface area contributed by atoms with Crippen LogP contribution in [-0.4, -0.2) is 23.0 Å². The van der Waals surface area contributed by atoms with Gasteiger partial charge in [0.15, 0.2) is 5.43 Å². The van der Waals surface area contributed by atoms with Crippen LogP contribution in [0.2, 0.25) is 0 Å². The number of hydrogen-bond donors (Lipinski definition) is 3. The van der Waals surface area contributed by atoms with Crippen LogP contribution in [-0.2, 0) is 0 Å². The van der Waals surface area contributed by atoms with Gasteiger partial charge in [0.25, 0.3) is 5.91 Å². The van der Waals surface area contributed by atoms with E-state index in [1.807, 2.05) is 0 Å². The SMILES string of the molecule is Cc1cc(=O)c(C(=O)NC2C3CCCC2CC(N)C3)c[nH]1.Cl. The van der Waals surface area contributed by atoms with Crippen LogP contribution in [0.15, 0.2) is 17.1 Å². The van der Waals surface area contributed by atoms with Gasteiger partial charge in [-0.05, 0) is 44.4 Å². The van der Waals surface area contributed by atoms with Gasteiger partial charge < -0.3 is 16.0 Å². The number of rotatable bonds is 2. The lowest BCUT2D eigenvalue weighted by atomic mass is 9.67. The van der Waals surface area contributed by atoms with Gasteiger partial charge in [-0.1, -0.05) is 6.42 Å². The molecule has 1 amide bonds. The van der Waals surface area contributed by atoms with Gasteiger partial charge in [-0.2, -0.15) is 0 Å². The van der Waals surface area contributed by atoms with Crippen LogP contribution in [0.25, 0.3) is 0 Å². The van der Waals surface area contributed by atoms with Crippen molar-refractivity contribution >= 4 is 18.3 Å². The molecule has 0 aromatic carbocycles. The molecule has 2 fully saturated rings. The Morgan fingerprint density at radius 1 is 1.32 bits per heavy atom. The fourth-order valence-electron chi connectivity index (χ4n) is 4.00. The summed E-state index contributed by atoms with van der Waals surface area (Å²) in [5, 5.41) is 3.10. The van der Waals surface area contributed by atoms with Gasteiger partial charge in [0.2, 0.25) is 0 Å². The maximum absolute atomic E-state index is 12.4. The maximum atomic E-state index is 12.4. The summed E-state index contributed by atoms with van der Waals surface area (Å²) >= 11 is 0. The second-order valence-electron chi connectivity index (χ2n) is 6.58. The molecule has 2 unspecified atom stereocenters. The van der Waals surface area contributed by atoms with Crippen LogP contribution in [0.5, 0.6) is 0 Å². The molecule has 2 aliphatic rings. The fraction of sp³-hybridized carbons (Fsp3) is 0.625. The average Bonchev–Trinajstić information content (AvgIpc) is 2.39. The molecule has 3 rings (SSSR count). The number of nitrogens with one attached hydrogen (secondary N) is 2. The van der Waals surface area contributed by atoms with Crippen molar-refractivity contribution in [3.8, 4) is 0 Å². The number of H-pyrrole nitrogens is 1. The third-order valence-corrected chi connectivity index (χ3v) is 4.98. The second-order valence-corrected chi connectivity index (χ2v) is 6.58. The first-order valence-electron chi connectivity index (χ1n) is 7.80. The topological polar surface area (TPSA) is 88.0 Å². The highest BCUT2D eigenvalue weighted by Gasteiger charge is 2.40. The Kier molecular flexibility index (Phi) is 5.29. The van der Waals surface area contributed by atoms with E-state index in [1.165, 1.54) is 18.7 Å². The normalized spacial score (nSPS) is 30.3. The molecule has 0 saturated heterocycles. The van der Waals surface area contributed by atoms with E-state index >= 15 is 0 Å². The minimum atomic E-state index is -0.256. The number of nitrogens with two attached hydrogens (primary N) is 1. The molecule has 1 aromatic heterocycles. The first-order chi connectivity index (χ1) is 10.0. The summed E-state index contributed by atoms with van der Waals surface area (Å²) in [6, 6.07) is 1.90. The molecule has 0 spiro atoms. The number of aryl methyl sites for hydroxylation is 1. The lowest BCUT2D eigenvalue weighted by Crippen LogP contribution is -2.54. The van der Waals surface area contributed by atoms with Gasteiger partial charge in [-0.3, -0.25) is 9.59 Å². The van der Waals surface area contributed by atoms with Gasteiger partial charge in [-0.15, -0.1) is 12.4 Å². The van der Waals surface area contributed by atoms with Crippen molar-refractivity contribution < 1.29 is 4.79 Å². The first kappa shape index (κ1) is 17.0. The molecule has 2 saturated carbocycles. The van der Waals surface area contributed by atoms with Crippen molar-refractivity contribution in [2.45, 2.75) is 51.1 Å². The molecule has 6 heteroatoms. The van der Waals surface area contributed by atoms with Gasteiger partial charge in [0.1, 0.15) is 5.56 Å². The van der Waals surface area contributed by atoms with E-state index in [1.54, 1.807) is 6.92 Å². The van der Waals surface area contributed by atoms with Crippen LogP contribution in [0.1, 0.15) is 48.2 Å². The van der Waals surface area contributed by atoms with Crippen LogP contribution in [0.4, 0.5) is 0 Å². The van der Waals surface area contributed by atoms with Crippen LogP contribution in [0.3, 0.4) is 0 Å². The largest absolute Gasteiger partial charge is 0.364 e. The van der Waals surface area contributed by atoms with E-state index in [0.717, 1.165) is 31.4 Å². The van der Waals surface area contributed by atoms with Crippen molar-refractivity contribution in [1.82, 2.24) is 10.3 Å². The van der Waals surface area contributed by atoms with Crippen molar-refractivity contribution in [3.05, 3.63) is 33.7 Å². The lowest BCUT2D eigenvalue weighted by Gasteiger charge is -2.45. The Morgan fingerprint density at radius 3 is 2.55 bits per heavy atom. The van der Waals surface area contributed by atoms with Crippen molar-refractivity contribution in [1.29, 1.82) is 0 Å². The van der Waals surface area contributed by atoms with E-state index in [9.17, 15) is 9.59 Å². The zero-order valence-electron chi connectivity index (χ0n) is 12.8. The number of pyridine rings is 1. The van der Waals surface area contributed by atoms with Crippen LogP contribution >= 0.6 is 12.4 Å². The Hall–Kier alpha value is -1.33. The minimum Gasteiger partial charge on any atom is -0.364 e. The van der Waals surface area contributed by atoms with E-state index < -0.39 is 0 Å². The number of carbonyl (C=O) groups is 1. The number of fused-ring (bicyclic) bond motifs is 2. The molecule has 122 valence electrons. The predicted octanol–water partition coefficient (Wildman–Crippen LogP) is 1.74. The average molecular weight is 326 g/mol.